The van der Waals surface area contributed by atoms with Crippen LogP contribution in [0.3, 0.4) is 0 Å². The molecule has 1 unspecified atom stereocenters. The second kappa shape index (κ2) is 4.96. The van der Waals surface area contributed by atoms with Gasteiger partial charge < -0.3 is 5.11 Å². The molecule has 0 aromatic heterocycles. The fourth-order valence-electron chi connectivity index (χ4n) is 0.745. The van der Waals surface area contributed by atoms with E-state index in [1.807, 2.05) is 0 Å². The van der Waals surface area contributed by atoms with Crippen LogP contribution < -0.4 is 0 Å². The summed E-state index contributed by atoms with van der Waals surface area (Å²) in [6.07, 6.45) is 2.29. The second-order valence-electron chi connectivity index (χ2n) is 2.90. The number of carbonyl (C=O) groups is 1. The quantitative estimate of drug-likeness (QED) is 0.280. The highest BCUT2D eigenvalue weighted by atomic mass is 17.1. The van der Waals surface area contributed by atoms with E-state index in [1.54, 1.807) is 13.1 Å². The van der Waals surface area contributed by atoms with E-state index in [-0.39, 0.29) is 0 Å². The van der Waals surface area contributed by atoms with E-state index in [9.17, 15) is 9.90 Å². The van der Waals surface area contributed by atoms with Crippen molar-refractivity contribution in [2.24, 2.45) is 0 Å². The van der Waals surface area contributed by atoms with Crippen molar-refractivity contribution in [1.29, 1.82) is 0 Å². The molecule has 0 amide bonds. The molecule has 0 saturated heterocycles. The third kappa shape index (κ3) is 3.14. The number of hydrogen-bond acceptors (Lipinski definition) is 5. The largest absolute Gasteiger partial charge is 0.388 e. The van der Waals surface area contributed by atoms with E-state index >= 15 is 0 Å². The Labute approximate surface area is 77.2 Å². The first-order valence-corrected chi connectivity index (χ1v) is 3.87. The van der Waals surface area contributed by atoms with Crippen molar-refractivity contribution < 1.29 is 20.0 Å². The molecule has 0 saturated carbocycles. The molecule has 0 aliphatic heterocycles. The van der Waals surface area contributed by atoms with Crippen molar-refractivity contribution >= 4 is 5.97 Å². The van der Waals surface area contributed by atoms with Crippen LogP contribution in [0.15, 0.2) is 12.7 Å². The van der Waals surface area contributed by atoms with E-state index in [0.717, 1.165) is 0 Å². The Bertz CT molecular complexity index is 191. The minimum atomic E-state index is -1.81. The molecule has 5 heteroatoms. The maximum Gasteiger partial charge on any atom is 0.388 e. The van der Waals surface area contributed by atoms with Crippen molar-refractivity contribution in [2.45, 2.75) is 19.1 Å². The third-order valence-corrected chi connectivity index (χ3v) is 1.88. The van der Waals surface area contributed by atoms with Crippen LogP contribution >= 0.6 is 0 Å². The van der Waals surface area contributed by atoms with Gasteiger partial charge in [0, 0.05) is 6.54 Å². The molecule has 0 aliphatic carbocycles. The molecule has 0 radical (unpaired) electrons. The minimum absolute atomic E-state index is 0.450. The lowest BCUT2D eigenvalue weighted by Crippen LogP contribution is -2.51. The van der Waals surface area contributed by atoms with E-state index in [0.29, 0.717) is 13.0 Å². The van der Waals surface area contributed by atoms with Crippen LogP contribution in [0.5, 0.6) is 0 Å². The van der Waals surface area contributed by atoms with Crippen LogP contribution in [-0.4, -0.2) is 40.6 Å². The van der Waals surface area contributed by atoms with E-state index < -0.39 is 11.7 Å². The third-order valence-electron chi connectivity index (χ3n) is 1.88. The second-order valence-corrected chi connectivity index (χ2v) is 2.90. The van der Waals surface area contributed by atoms with E-state index in [4.69, 9.17) is 5.26 Å². The van der Waals surface area contributed by atoms with Crippen molar-refractivity contribution in [1.82, 2.24) is 4.90 Å². The molecule has 0 spiro atoms. The Balaban J connectivity index is 4.25. The van der Waals surface area contributed by atoms with Gasteiger partial charge in [-0.2, -0.15) is 5.26 Å². The predicted molar refractivity (Wildman–Crippen MR) is 46.8 cm³/mol. The summed E-state index contributed by atoms with van der Waals surface area (Å²) in [4.78, 5) is 15.7. The molecule has 0 heterocycles. The Morgan fingerprint density at radius 1 is 1.77 bits per heavy atom. The Morgan fingerprint density at radius 2 is 2.31 bits per heavy atom. The zero-order valence-corrected chi connectivity index (χ0v) is 7.86. The molecule has 1 atom stereocenters. The summed E-state index contributed by atoms with van der Waals surface area (Å²) < 4.78 is 0. The zero-order valence-electron chi connectivity index (χ0n) is 7.86. The molecule has 0 aliphatic rings. The number of nitrogens with zero attached hydrogens (tertiary/aromatic N) is 1. The lowest BCUT2D eigenvalue weighted by Gasteiger charge is -2.29. The summed E-state index contributed by atoms with van der Waals surface area (Å²) in [6.45, 7) is 5.20. The molecule has 76 valence electrons. The summed E-state index contributed by atoms with van der Waals surface area (Å²) in [5.74, 6) is -1.10. The van der Waals surface area contributed by atoms with Gasteiger partial charge in [0.15, 0.2) is 0 Å². The van der Waals surface area contributed by atoms with Crippen molar-refractivity contribution in [3.63, 3.8) is 0 Å². The highest BCUT2D eigenvalue weighted by Crippen LogP contribution is 2.11. The van der Waals surface area contributed by atoms with Crippen molar-refractivity contribution in [3.05, 3.63) is 12.7 Å². The maximum absolute atomic E-state index is 10.8. The lowest BCUT2D eigenvalue weighted by molar-refractivity contribution is -0.262. The Hall–Kier alpha value is -0.910. The van der Waals surface area contributed by atoms with E-state index in [2.05, 4.69) is 11.5 Å². The number of aliphatic hydroxyl groups is 1. The number of hydrogen-bond donors (Lipinski definition) is 2. The van der Waals surface area contributed by atoms with Crippen molar-refractivity contribution in [3.8, 4) is 0 Å². The van der Waals surface area contributed by atoms with Crippen LogP contribution in [-0.2, 0) is 9.68 Å². The summed E-state index contributed by atoms with van der Waals surface area (Å²) >= 11 is 0. The van der Waals surface area contributed by atoms with Crippen LogP contribution in [0, 0.1) is 0 Å². The van der Waals surface area contributed by atoms with Gasteiger partial charge >= 0.3 is 5.97 Å². The highest BCUT2D eigenvalue weighted by Gasteiger charge is 2.36. The molecule has 13 heavy (non-hydrogen) atoms. The Morgan fingerprint density at radius 3 is 2.69 bits per heavy atom. The van der Waals surface area contributed by atoms with Gasteiger partial charge in [0.25, 0.3) is 0 Å². The van der Waals surface area contributed by atoms with Crippen LogP contribution in [0.4, 0.5) is 0 Å². The molecule has 2 N–H and O–H groups in total. The lowest BCUT2D eigenvalue weighted by atomic mass is 10.2. The smallest absolute Gasteiger partial charge is 0.366 e. The Kier molecular flexibility index (Phi) is 4.61. The molecule has 0 rings (SSSR count). The number of likely N-dealkylation sites (N-methyl/N-ethyl adjacent to an activating group) is 1. The first-order valence-electron chi connectivity index (χ1n) is 3.87. The summed E-state index contributed by atoms with van der Waals surface area (Å²) in [5.41, 5.74) is -1.81. The van der Waals surface area contributed by atoms with Gasteiger partial charge in [-0.25, -0.2) is 4.79 Å². The average Bonchev–Trinajstić information content (AvgIpc) is 2.12. The van der Waals surface area contributed by atoms with Gasteiger partial charge in [-0.15, -0.1) is 6.58 Å². The maximum atomic E-state index is 10.8. The van der Waals surface area contributed by atoms with Crippen LogP contribution in [0.25, 0.3) is 0 Å². The number of carbonyl (C=O) groups excluding carboxylic acids is 1. The topological polar surface area (TPSA) is 70.0 Å². The van der Waals surface area contributed by atoms with Gasteiger partial charge in [-0.1, -0.05) is 6.08 Å². The first-order chi connectivity index (χ1) is 5.96. The fraction of sp³-hybridized carbons (Fsp3) is 0.625. The SMILES string of the molecule is C=CCCN(C)C(C)(O)C(=O)OO. The molecular weight excluding hydrogens is 174 g/mol. The standard InChI is InChI=1S/C8H15NO4/c1-4-5-6-9(3)8(2,11)7(10)13-12/h4,11-12H,1,5-6H2,2-3H3. The summed E-state index contributed by atoms with van der Waals surface area (Å²) in [5, 5.41) is 17.6. The molecule has 0 bridgehead atoms. The highest BCUT2D eigenvalue weighted by molar-refractivity contribution is 5.77. The predicted octanol–water partition coefficient (Wildman–Crippen LogP) is 0.219. The molecular formula is C8H15NO4. The normalized spacial score (nSPS) is 15.2. The fourth-order valence-corrected chi connectivity index (χ4v) is 0.745. The molecule has 0 aromatic carbocycles. The molecule has 0 fully saturated rings. The monoisotopic (exact) mass is 189 g/mol. The van der Waals surface area contributed by atoms with Crippen LogP contribution in [0.2, 0.25) is 0 Å². The average molecular weight is 189 g/mol. The number of rotatable bonds is 5. The van der Waals surface area contributed by atoms with Gasteiger partial charge in [-0.3, -0.25) is 9.79 Å². The summed E-state index contributed by atoms with van der Waals surface area (Å²) in [6, 6.07) is 0. The molecule has 5 nitrogen and oxygen atoms in total. The molecule has 0 aromatic rings. The van der Waals surface area contributed by atoms with E-state index in [1.165, 1.54) is 11.8 Å². The minimum Gasteiger partial charge on any atom is -0.366 e. The first kappa shape index (κ1) is 12.1. The van der Waals surface area contributed by atoms with Crippen LogP contribution in [0.1, 0.15) is 13.3 Å². The summed E-state index contributed by atoms with van der Waals surface area (Å²) in [7, 11) is 1.54. The van der Waals surface area contributed by atoms with Crippen molar-refractivity contribution in [2.75, 3.05) is 13.6 Å². The van der Waals surface area contributed by atoms with Gasteiger partial charge in [0.05, 0.1) is 0 Å². The zero-order chi connectivity index (χ0) is 10.5. The van der Waals surface area contributed by atoms with Gasteiger partial charge in [0.2, 0.25) is 5.72 Å². The van der Waals surface area contributed by atoms with Gasteiger partial charge in [0.1, 0.15) is 0 Å². The van der Waals surface area contributed by atoms with Gasteiger partial charge in [-0.05, 0) is 20.4 Å².